The Morgan fingerprint density at radius 1 is 1.21 bits per heavy atom. The van der Waals surface area contributed by atoms with Gasteiger partial charge in [-0.15, -0.1) is 5.10 Å². The van der Waals surface area contributed by atoms with Crippen molar-refractivity contribution >= 4 is 0 Å². The Balaban J connectivity index is 1.50. The van der Waals surface area contributed by atoms with Crippen molar-refractivity contribution in [2.45, 2.75) is 58.2 Å². The molecule has 104 valence electrons. The molecule has 5 heteroatoms. The first-order valence-corrected chi connectivity index (χ1v) is 7.56. The minimum atomic E-state index is 0.106. The van der Waals surface area contributed by atoms with Gasteiger partial charge in [-0.2, -0.15) is 0 Å². The zero-order valence-corrected chi connectivity index (χ0v) is 12.0. The molecule has 3 aliphatic carbocycles. The summed E-state index contributed by atoms with van der Waals surface area (Å²) in [5.41, 5.74) is 0.106. The van der Waals surface area contributed by atoms with Crippen molar-refractivity contribution in [1.82, 2.24) is 25.5 Å². The summed E-state index contributed by atoms with van der Waals surface area (Å²) >= 11 is 0. The Hall–Kier alpha value is -0.970. The molecular weight excluding hydrogens is 238 g/mol. The van der Waals surface area contributed by atoms with E-state index in [1.807, 2.05) is 0 Å². The average Bonchev–Trinajstić information content (AvgIpc) is 2.75. The molecule has 3 fully saturated rings. The Morgan fingerprint density at radius 3 is 2.53 bits per heavy atom. The van der Waals surface area contributed by atoms with Crippen LogP contribution in [0.5, 0.6) is 0 Å². The molecule has 3 saturated carbocycles. The van der Waals surface area contributed by atoms with Crippen molar-refractivity contribution in [3.05, 3.63) is 5.82 Å². The molecule has 2 bridgehead atoms. The minimum absolute atomic E-state index is 0.106. The highest BCUT2D eigenvalue weighted by Gasteiger charge is 2.66. The van der Waals surface area contributed by atoms with E-state index < -0.39 is 0 Å². The molecule has 0 aliphatic heterocycles. The standard InChI is InChI=1S/C14H23N5/c1-14(2,3)15-7-10-16-17-18-19(10)13-11-8-4-5-9(6-8)12(11)13/h8-9,11-13,15H,4-7H2,1-3H3. The third-order valence-corrected chi connectivity index (χ3v) is 5.31. The molecule has 1 N–H and O–H groups in total. The van der Waals surface area contributed by atoms with E-state index in [0.29, 0.717) is 6.04 Å². The van der Waals surface area contributed by atoms with Crippen molar-refractivity contribution in [1.29, 1.82) is 0 Å². The lowest BCUT2D eigenvalue weighted by Crippen LogP contribution is -2.36. The normalized spacial score (nSPS) is 39.6. The van der Waals surface area contributed by atoms with Gasteiger partial charge < -0.3 is 5.32 Å². The summed E-state index contributed by atoms with van der Waals surface area (Å²) in [6.45, 7) is 7.29. The maximum absolute atomic E-state index is 4.27. The molecule has 0 radical (unpaired) electrons. The van der Waals surface area contributed by atoms with Gasteiger partial charge in [0.1, 0.15) is 0 Å². The number of aromatic nitrogens is 4. The van der Waals surface area contributed by atoms with Gasteiger partial charge in [0, 0.05) is 5.54 Å². The summed E-state index contributed by atoms with van der Waals surface area (Å²) in [4.78, 5) is 0. The van der Waals surface area contributed by atoms with E-state index in [1.165, 1.54) is 19.3 Å². The number of rotatable bonds is 3. The minimum Gasteiger partial charge on any atom is -0.305 e. The first kappa shape index (κ1) is 11.8. The highest BCUT2D eigenvalue weighted by molar-refractivity contribution is 5.16. The number of tetrazole rings is 1. The molecule has 3 aliphatic rings. The topological polar surface area (TPSA) is 55.6 Å². The van der Waals surface area contributed by atoms with Crippen LogP contribution in [0.1, 0.15) is 51.9 Å². The van der Waals surface area contributed by atoms with E-state index >= 15 is 0 Å². The summed E-state index contributed by atoms with van der Waals surface area (Å²) in [5, 5.41) is 15.9. The van der Waals surface area contributed by atoms with Crippen LogP contribution in [0.3, 0.4) is 0 Å². The van der Waals surface area contributed by atoms with E-state index in [4.69, 9.17) is 0 Å². The molecule has 0 aromatic carbocycles. The Labute approximate surface area is 114 Å². The predicted molar refractivity (Wildman–Crippen MR) is 71.3 cm³/mol. The molecule has 1 heterocycles. The van der Waals surface area contributed by atoms with Crippen molar-refractivity contribution in [2.24, 2.45) is 23.7 Å². The molecule has 19 heavy (non-hydrogen) atoms. The van der Waals surface area contributed by atoms with Crippen molar-refractivity contribution in [2.75, 3.05) is 0 Å². The first-order chi connectivity index (χ1) is 9.04. The van der Waals surface area contributed by atoms with Crippen LogP contribution < -0.4 is 5.32 Å². The van der Waals surface area contributed by atoms with Crippen molar-refractivity contribution in [3.8, 4) is 0 Å². The lowest BCUT2D eigenvalue weighted by Gasteiger charge is -2.20. The van der Waals surface area contributed by atoms with Gasteiger partial charge in [0.2, 0.25) is 0 Å². The molecule has 0 saturated heterocycles. The number of fused-ring (bicyclic) bond motifs is 5. The van der Waals surface area contributed by atoms with Gasteiger partial charge in [0.05, 0.1) is 12.6 Å². The van der Waals surface area contributed by atoms with Crippen LogP contribution in [0.15, 0.2) is 0 Å². The van der Waals surface area contributed by atoms with Crippen LogP contribution in [-0.2, 0) is 6.54 Å². The Morgan fingerprint density at radius 2 is 1.89 bits per heavy atom. The summed E-state index contributed by atoms with van der Waals surface area (Å²) < 4.78 is 2.12. The monoisotopic (exact) mass is 261 g/mol. The molecule has 4 atom stereocenters. The van der Waals surface area contributed by atoms with E-state index in [1.54, 1.807) is 0 Å². The number of hydrogen-bond donors (Lipinski definition) is 1. The van der Waals surface area contributed by atoms with Crippen LogP contribution in [0.2, 0.25) is 0 Å². The summed E-state index contributed by atoms with van der Waals surface area (Å²) in [7, 11) is 0. The molecular formula is C14H23N5. The Kier molecular flexibility index (Phi) is 2.35. The fourth-order valence-corrected chi connectivity index (χ4v) is 4.51. The zero-order chi connectivity index (χ0) is 13.2. The maximum Gasteiger partial charge on any atom is 0.165 e. The van der Waals surface area contributed by atoms with Crippen LogP contribution in [0.25, 0.3) is 0 Å². The highest BCUT2D eigenvalue weighted by atomic mass is 15.6. The predicted octanol–water partition coefficient (Wildman–Crippen LogP) is 1.78. The lowest BCUT2D eigenvalue weighted by atomic mass is 10.0. The molecule has 5 nitrogen and oxygen atoms in total. The van der Waals surface area contributed by atoms with Crippen LogP contribution in [0, 0.1) is 23.7 Å². The second kappa shape index (κ2) is 3.78. The number of nitrogens with zero attached hydrogens (tertiary/aromatic N) is 4. The summed E-state index contributed by atoms with van der Waals surface area (Å²) in [6, 6.07) is 0.609. The molecule has 1 aromatic heterocycles. The van der Waals surface area contributed by atoms with Crippen LogP contribution >= 0.6 is 0 Å². The van der Waals surface area contributed by atoms with Gasteiger partial charge in [-0.25, -0.2) is 4.68 Å². The van der Waals surface area contributed by atoms with E-state index in [9.17, 15) is 0 Å². The summed E-state index contributed by atoms with van der Waals surface area (Å²) in [6.07, 6.45) is 4.36. The second-order valence-electron chi connectivity index (χ2n) is 7.62. The molecule has 0 spiro atoms. The smallest absolute Gasteiger partial charge is 0.165 e. The van der Waals surface area contributed by atoms with Crippen molar-refractivity contribution < 1.29 is 0 Å². The van der Waals surface area contributed by atoms with Gasteiger partial charge >= 0.3 is 0 Å². The maximum atomic E-state index is 4.27. The van der Waals surface area contributed by atoms with Gasteiger partial charge in [-0.05, 0) is 74.1 Å². The van der Waals surface area contributed by atoms with E-state index in [0.717, 1.165) is 36.0 Å². The van der Waals surface area contributed by atoms with Gasteiger partial charge in [0.25, 0.3) is 0 Å². The van der Waals surface area contributed by atoms with E-state index in [2.05, 4.69) is 46.3 Å². The van der Waals surface area contributed by atoms with Crippen LogP contribution in [0.4, 0.5) is 0 Å². The largest absolute Gasteiger partial charge is 0.305 e. The van der Waals surface area contributed by atoms with Crippen LogP contribution in [-0.4, -0.2) is 25.7 Å². The first-order valence-electron chi connectivity index (χ1n) is 7.56. The fourth-order valence-electron chi connectivity index (χ4n) is 4.51. The Bertz CT molecular complexity index is 472. The second-order valence-corrected chi connectivity index (χ2v) is 7.62. The molecule has 4 unspecified atom stereocenters. The quantitative estimate of drug-likeness (QED) is 0.901. The third-order valence-electron chi connectivity index (χ3n) is 5.31. The average molecular weight is 261 g/mol. The highest BCUT2D eigenvalue weighted by Crippen LogP contribution is 2.71. The third kappa shape index (κ3) is 1.82. The lowest BCUT2D eigenvalue weighted by molar-refractivity contribution is 0.385. The number of nitrogens with one attached hydrogen (secondary N) is 1. The zero-order valence-electron chi connectivity index (χ0n) is 12.0. The van der Waals surface area contributed by atoms with Gasteiger partial charge in [-0.3, -0.25) is 0 Å². The van der Waals surface area contributed by atoms with Gasteiger partial charge in [0.15, 0.2) is 5.82 Å². The number of hydrogen-bond acceptors (Lipinski definition) is 4. The summed E-state index contributed by atoms with van der Waals surface area (Å²) in [5.74, 6) is 4.71. The van der Waals surface area contributed by atoms with Crippen molar-refractivity contribution in [3.63, 3.8) is 0 Å². The molecule has 4 rings (SSSR count). The molecule has 0 amide bonds. The van der Waals surface area contributed by atoms with Gasteiger partial charge in [-0.1, -0.05) is 0 Å². The van der Waals surface area contributed by atoms with E-state index in [-0.39, 0.29) is 5.54 Å². The fraction of sp³-hybridized carbons (Fsp3) is 0.929. The SMILES string of the molecule is CC(C)(C)NCc1nnnn1C1C2C3CCC(C3)C21. The molecule has 1 aromatic rings.